The zero-order valence-electron chi connectivity index (χ0n) is 10.8. The summed E-state index contributed by atoms with van der Waals surface area (Å²) in [6.07, 6.45) is 5.21. The van der Waals surface area contributed by atoms with Crippen molar-refractivity contribution in [3.63, 3.8) is 0 Å². The maximum atomic E-state index is 5.58. The van der Waals surface area contributed by atoms with E-state index in [1.54, 1.807) is 0 Å². The Hall–Kier alpha value is -1.28. The summed E-state index contributed by atoms with van der Waals surface area (Å²) in [5.74, 6) is 0. The van der Waals surface area contributed by atoms with Gasteiger partial charge in [-0.3, -0.25) is 0 Å². The smallest absolute Gasteiger partial charge is 0.134 e. The summed E-state index contributed by atoms with van der Waals surface area (Å²) in [5, 5.41) is 4.71. The van der Waals surface area contributed by atoms with Gasteiger partial charge in [-0.05, 0) is 55.6 Å². The molecule has 0 saturated heterocycles. The van der Waals surface area contributed by atoms with Crippen LogP contribution in [0.4, 0.5) is 0 Å². The molecule has 17 heavy (non-hydrogen) atoms. The molecule has 0 aliphatic heterocycles. The highest BCUT2D eigenvalue weighted by Crippen LogP contribution is 2.23. The molecule has 0 fully saturated rings. The molecule has 2 rings (SSSR count). The molecule has 1 aromatic heterocycles. The van der Waals surface area contributed by atoms with Crippen molar-refractivity contribution in [1.29, 1.82) is 0 Å². The third kappa shape index (κ3) is 2.89. The summed E-state index contributed by atoms with van der Waals surface area (Å²) in [6.45, 7) is 6.49. The van der Waals surface area contributed by atoms with E-state index in [4.69, 9.17) is 4.42 Å². The summed E-state index contributed by atoms with van der Waals surface area (Å²) in [5.41, 5.74) is 3.70. The van der Waals surface area contributed by atoms with E-state index in [0.29, 0.717) is 0 Å². The van der Waals surface area contributed by atoms with Gasteiger partial charge in [-0.2, -0.15) is 0 Å². The first-order valence-corrected chi connectivity index (χ1v) is 6.54. The van der Waals surface area contributed by atoms with Crippen molar-refractivity contribution in [2.75, 3.05) is 13.1 Å². The van der Waals surface area contributed by atoms with Crippen molar-refractivity contribution in [3.05, 3.63) is 35.6 Å². The van der Waals surface area contributed by atoms with Gasteiger partial charge in [0.25, 0.3) is 0 Å². The van der Waals surface area contributed by atoms with E-state index in [-0.39, 0.29) is 0 Å². The van der Waals surface area contributed by atoms with Crippen molar-refractivity contribution in [2.45, 2.75) is 33.1 Å². The fourth-order valence-corrected chi connectivity index (χ4v) is 2.07. The third-order valence-corrected chi connectivity index (χ3v) is 3.12. The minimum atomic E-state index is 1.01. The molecule has 0 atom stereocenters. The second kappa shape index (κ2) is 5.87. The fourth-order valence-electron chi connectivity index (χ4n) is 2.07. The van der Waals surface area contributed by atoms with Crippen LogP contribution >= 0.6 is 0 Å². The highest BCUT2D eigenvalue weighted by atomic mass is 16.3. The van der Waals surface area contributed by atoms with E-state index in [0.717, 1.165) is 31.5 Å². The number of hydrogen-bond acceptors (Lipinski definition) is 2. The molecular weight excluding hydrogens is 210 g/mol. The molecule has 0 saturated carbocycles. The van der Waals surface area contributed by atoms with Crippen LogP contribution in [0.2, 0.25) is 0 Å². The molecule has 1 heterocycles. The van der Waals surface area contributed by atoms with Gasteiger partial charge in [0, 0.05) is 5.39 Å². The monoisotopic (exact) mass is 231 g/mol. The van der Waals surface area contributed by atoms with E-state index in [2.05, 4.69) is 37.4 Å². The first-order valence-electron chi connectivity index (χ1n) is 6.54. The highest BCUT2D eigenvalue weighted by Gasteiger charge is 2.05. The average molecular weight is 231 g/mol. The summed E-state index contributed by atoms with van der Waals surface area (Å²) in [7, 11) is 0. The van der Waals surface area contributed by atoms with Gasteiger partial charge < -0.3 is 9.73 Å². The van der Waals surface area contributed by atoms with Crippen molar-refractivity contribution in [1.82, 2.24) is 5.32 Å². The largest absolute Gasteiger partial charge is 0.464 e. The van der Waals surface area contributed by atoms with Crippen LogP contribution < -0.4 is 5.32 Å². The molecule has 0 unspecified atom stereocenters. The Balaban J connectivity index is 2.11. The van der Waals surface area contributed by atoms with Crippen molar-refractivity contribution in [2.24, 2.45) is 0 Å². The molecule has 92 valence electrons. The van der Waals surface area contributed by atoms with E-state index in [1.807, 2.05) is 6.26 Å². The Morgan fingerprint density at radius 3 is 2.82 bits per heavy atom. The maximum Gasteiger partial charge on any atom is 0.134 e. The van der Waals surface area contributed by atoms with Crippen LogP contribution in [0.3, 0.4) is 0 Å². The minimum Gasteiger partial charge on any atom is -0.464 e. The summed E-state index contributed by atoms with van der Waals surface area (Å²) >= 11 is 0. The van der Waals surface area contributed by atoms with Crippen LogP contribution in [0, 0.1) is 0 Å². The Kier molecular flexibility index (Phi) is 4.21. The van der Waals surface area contributed by atoms with Crippen LogP contribution in [-0.4, -0.2) is 13.1 Å². The summed E-state index contributed by atoms with van der Waals surface area (Å²) in [4.78, 5) is 0. The molecule has 0 aliphatic carbocycles. The molecule has 2 nitrogen and oxygen atoms in total. The van der Waals surface area contributed by atoms with Crippen molar-refractivity contribution in [3.8, 4) is 0 Å². The molecular formula is C15H21NO. The molecule has 0 radical (unpaired) electrons. The molecule has 0 amide bonds. The highest BCUT2D eigenvalue weighted by molar-refractivity contribution is 5.81. The van der Waals surface area contributed by atoms with Crippen LogP contribution in [0.1, 0.15) is 31.4 Å². The minimum absolute atomic E-state index is 1.01. The second-order valence-electron chi connectivity index (χ2n) is 4.45. The van der Waals surface area contributed by atoms with Gasteiger partial charge >= 0.3 is 0 Å². The number of rotatable bonds is 6. The molecule has 1 aromatic carbocycles. The van der Waals surface area contributed by atoms with E-state index >= 15 is 0 Å². The molecule has 0 bridgehead atoms. The van der Waals surface area contributed by atoms with Crippen molar-refractivity contribution < 1.29 is 4.42 Å². The van der Waals surface area contributed by atoms with Gasteiger partial charge in [-0.1, -0.05) is 19.9 Å². The van der Waals surface area contributed by atoms with Crippen LogP contribution in [0.25, 0.3) is 11.0 Å². The predicted octanol–water partition coefficient (Wildman–Crippen LogP) is 3.54. The first kappa shape index (κ1) is 12.2. The summed E-state index contributed by atoms with van der Waals surface area (Å²) in [6, 6.07) is 6.48. The molecule has 0 aliphatic rings. The van der Waals surface area contributed by atoms with Gasteiger partial charge in [0.05, 0.1) is 6.26 Å². The Bertz CT molecular complexity index is 473. The molecule has 0 spiro atoms. The number of aryl methyl sites for hydroxylation is 1. The number of nitrogens with one attached hydrogen (secondary N) is 1. The predicted molar refractivity (Wildman–Crippen MR) is 72.5 cm³/mol. The van der Waals surface area contributed by atoms with Gasteiger partial charge in [-0.15, -0.1) is 0 Å². The number of hydrogen-bond donors (Lipinski definition) is 1. The first-order chi connectivity index (χ1) is 8.35. The zero-order chi connectivity index (χ0) is 12.1. The quantitative estimate of drug-likeness (QED) is 0.769. The van der Waals surface area contributed by atoms with Gasteiger partial charge in [-0.25, -0.2) is 0 Å². The Labute approximate surface area is 103 Å². The normalized spacial score (nSPS) is 11.2. The number of furan rings is 1. The lowest BCUT2D eigenvalue weighted by Crippen LogP contribution is -2.17. The van der Waals surface area contributed by atoms with Gasteiger partial charge in [0.1, 0.15) is 5.58 Å². The zero-order valence-corrected chi connectivity index (χ0v) is 10.8. The lowest BCUT2D eigenvalue weighted by molar-refractivity contribution is 0.605. The standard InChI is InChI=1S/C15H21NO/c1-3-8-16-9-7-13-11-17-15-6-5-12(4-2)10-14(13)15/h5-6,10-11,16H,3-4,7-9H2,1-2H3. The van der Waals surface area contributed by atoms with E-state index in [1.165, 1.54) is 22.9 Å². The second-order valence-corrected chi connectivity index (χ2v) is 4.45. The molecule has 2 heteroatoms. The third-order valence-electron chi connectivity index (χ3n) is 3.12. The van der Waals surface area contributed by atoms with Crippen LogP contribution in [0.5, 0.6) is 0 Å². The Morgan fingerprint density at radius 2 is 2.06 bits per heavy atom. The fraction of sp³-hybridized carbons (Fsp3) is 0.467. The van der Waals surface area contributed by atoms with Crippen molar-refractivity contribution >= 4 is 11.0 Å². The van der Waals surface area contributed by atoms with Gasteiger partial charge in [0.2, 0.25) is 0 Å². The van der Waals surface area contributed by atoms with Gasteiger partial charge in [0.15, 0.2) is 0 Å². The average Bonchev–Trinajstić information content (AvgIpc) is 2.77. The van der Waals surface area contributed by atoms with E-state index < -0.39 is 0 Å². The Morgan fingerprint density at radius 1 is 1.18 bits per heavy atom. The van der Waals surface area contributed by atoms with Crippen LogP contribution in [-0.2, 0) is 12.8 Å². The molecule has 1 N–H and O–H groups in total. The number of fused-ring (bicyclic) bond motifs is 1. The molecule has 2 aromatic rings. The SMILES string of the molecule is CCCNCCc1coc2ccc(CC)cc12. The van der Waals surface area contributed by atoms with E-state index in [9.17, 15) is 0 Å². The van der Waals surface area contributed by atoms with Crippen LogP contribution in [0.15, 0.2) is 28.9 Å². The maximum absolute atomic E-state index is 5.58. The number of benzene rings is 1. The lowest BCUT2D eigenvalue weighted by Gasteiger charge is -2.02. The summed E-state index contributed by atoms with van der Waals surface area (Å²) < 4.78 is 5.58. The topological polar surface area (TPSA) is 25.2 Å². The lowest BCUT2D eigenvalue weighted by atomic mass is 10.1.